The summed E-state index contributed by atoms with van der Waals surface area (Å²) in [7, 11) is 1.75. The zero-order chi connectivity index (χ0) is 15.5. The summed E-state index contributed by atoms with van der Waals surface area (Å²) >= 11 is 0. The van der Waals surface area contributed by atoms with Crippen molar-refractivity contribution >= 4 is 5.91 Å². The van der Waals surface area contributed by atoms with E-state index in [9.17, 15) is 9.90 Å². The highest BCUT2D eigenvalue weighted by Crippen LogP contribution is 2.15. The molecule has 0 spiro atoms. The van der Waals surface area contributed by atoms with Crippen LogP contribution in [0.5, 0.6) is 0 Å². The molecular formula is C15H20N4O2. The first-order valence-electron chi connectivity index (χ1n) is 6.77. The van der Waals surface area contributed by atoms with Gasteiger partial charge >= 0.3 is 0 Å². The molecule has 2 rings (SSSR count). The summed E-state index contributed by atoms with van der Waals surface area (Å²) in [5.41, 5.74) is 0.460. The molecule has 0 aliphatic carbocycles. The average molecular weight is 288 g/mol. The number of amides is 1. The Labute approximate surface area is 124 Å². The summed E-state index contributed by atoms with van der Waals surface area (Å²) in [5, 5.41) is 17.6. The Morgan fingerprint density at radius 1 is 1.33 bits per heavy atom. The summed E-state index contributed by atoms with van der Waals surface area (Å²) in [6, 6.07) is 9.79. The maximum atomic E-state index is 12.2. The molecule has 1 amide bonds. The predicted octanol–water partition coefficient (Wildman–Crippen LogP) is 1.16. The van der Waals surface area contributed by atoms with Crippen LogP contribution in [0.1, 0.15) is 25.1 Å². The van der Waals surface area contributed by atoms with Gasteiger partial charge in [0.1, 0.15) is 17.8 Å². The van der Waals surface area contributed by atoms with Gasteiger partial charge in [-0.15, -0.1) is 5.10 Å². The molecule has 0 fully saturated rings. The predicted molar refractivity (Wildman–Crippen MR) is 78.2 cm³/mol. The summed E-state index contributed by atoms with van der Waals surface area (Å²) in [4.78, 5) is 13.8. The monoisotopic (exact) mass is 288 g/mol. The topological polar surface area (TPSA) is 71.2 Å². The number of likely N-dealkylation sites (N-methyl/N-ethyl adjacent to an activating group) is 1. The van der Waals surface area contributed by atoms with E-state index >= 15 is 0 Å². The molecule has 1 aromatic carbocycles. The zero-order valence-electron chi connectivity index (χ0n) is 12.5. The van der Waals surface area contributed by atoms with Crippen molar-refractivity contribution in [3.8, 4) is 0 Å². The van der Waals surface area contributed by atoms with Crippen molar-refractivity contribution in [2.45, 2.75) is 32.5 Å². The lowest BCUT2D eigenvalue weighted by molar-refractivity contribution is -0.131. The van der Waals surface area contributed by atoms with Crippen LogP contribution in [0.15, 0.2) is 36.5 Å². The van der Waals surface area contributed by atoms with Gasteiger partial charge in [0, 0.05) is 13.6 Å². The van der Waals surface area contributed by atoms with E-state index in [4.69, 9.17) is 0 Å². The van der Waals surface area contributed by atoms with Gasteiger partial charge < -0.3 is 10.0 Å². The standard InChI is InChI=1S/C15H20N4O2/c1-15(2,21)13-10-19(17-16-13)11-14(20)18(3)9-12-7-5-4-6-8-12/h4-8,10,21H,9,11H2,1-3H3. The van der Waals surface area contributed by atoms with E-state index in [0.29, 0.717) is 12.2 Å². The fourth-order valence-electron chi connectivity index (χ4n) is 1.86. The van der Waals surface area contributed by atoms with Crippen molar-refractivity contribution in [2.75, 3.05) is 7.05 Å². The number of hydrogen-bond donors (Lipinski definition) is 1. The second-order valence-electron chi connectivity index (χ2n) is 5.60. The minimum atomic E-state index is -1.06. The lowest BCUT2D eigenvalue weighted by Gasteiger charge is -2.17. The van der Waals surface area contributed by atoms with Crippen LogP contribution >= 0.6 is 0 Å². The van der Waals surface area contributed by atoms with E-state index < -0.39 is 5.60 Å². The fraction of sp³-hybridized carbons (Fsp3) is 0.400. The number of rotatable bonds is 5. The third-order valence-electron chi connectivity index (χ3n) is 3.15. The van der Waals surface area contributed by atoms with Crippen LogP contribution in [0, 0.1) is 0 Å². The number of aromatic nitrogens is 3. The molecule has 0 bridgehead atoms. The van der Waals surface area contributed by atoms with Crippen molar-refractivity contribution in [3.63, 3.8) is 0 Å². The Balaban J connectivity index is 1.96. The van der Waals surface area contributed by atoms with E-state index in [1.54, 1.807) is 32.0 Å². The zero-order valence-corrected chi connectivity index (χ0v) is 12.5. The molecule has 0 aliphatic rings. The number of aliphatic hydroxyl groups is 1. The molecule has 21 heavy (non-hydrogen) atoms. The van der Waals surface area contributed by atoms with Gasteiger partial charge in [0.2, 0.25) is 5.91 Å². The van der Waals surface area contributed by atoms with Gasteiger partial charge in [-0.05, 0) is 19.4 Å². The fourth-order valence-corrected chi connectivity index (χ4v) is 1.86. The minimum absolute atomic E-state index is 0.0638. The molecule has 0 radical (unpaired) electrons. The van der Waals surface area contributed by atoms with Crippen LogP contribution in [-0.4, -0.2) is 38.0 Å². The van der Waals surface area contributed by atoms with Gasteiger partial charge in [-0.25, -0.2) is 4.68 Å². The Bertz CT molecular complexity index is 602. The van der Waals surface area contributed by atoms with Crippen LogP contribution in [0.4, 0.5) is 0 Å². The number of benzene rings is 1. The van der Waals surface area contributed by atoms with E-state index in [0.717, 1.165) is 5.56 Å². The van der Waals surface area contributed by atoms with Crippen molar-refractivity contribution in [1.29, 1.82) is 0 Å². The SMILES string of the molecule is CN(Cc1ccccc1)C(=O)Cn1cc(C(C)(C)O)nn1. The molecule has 112 valence electrons. The van der Waals surface area contributed by atoms with Gasteiger partial charge in [0.05, 0.1) is 6.20 Å². The Hall–Kier alpha value is -2.21. The summed E-state index contributed by atoms with van der Waals surface area (Å²) < 4.78 is 1.44. The molecule has 6 nitrogen and oxygen atoms in total. The van der Waals surface area contributed by atoms with Crippen LogP contribution < -0.4 is 0 Å². The third kappa shape index (κ3) is 4.13. The number of nitrogens with zero attached hydrogens (tertiary/aromatic N) is 4. The van der Waals surface area contributed by atoms with E-state index in [1.807, 2.05) is 30.3 Å². The molecule has 1 aromatic heterocycles. The first-order valence-corrected chi connectivity index (χ1v) is 6.77. The number of hydrogen-bond acceptors (Lipinski definition) is 4. The van der Waals surface area contributed by atoms with Crippen LogP contribution in [0.2, 0.25) is 0 Å². The first kappa shape index (κ1) is 15.2. The van der Waals surface area contributed by atoms with Gasteiger partial charge in [0.15, 0.2) is 0 Å². The maximum absolute atomic E-state index is 12.2. The van der Waals surface area contributed by atoms with Gasteiger partial charge in [-0.1, -0.05) is 35.5 Å². The molecule has 0 saturated heterocycles. The molecule has 1 N–H and O–H groups in total. The lowest BCUT2D eigenvalue weighted by atomic mass is 10.1. The quantitative estimate of drug-likeness (QED) is 0.896. The highest BCUT2D eigenvalue weighted by molar-refractivity contribution is 5.75. The number of carbonyl (C=O) groups excluding carboxylic acids is 1. The normalized spacial score (nSPS) is 11.4. The largest absolute Gasteiger partial charge is 0.384 e. The van der Waals surface area contributed by atoms with E-state index in [2.05, 4.69) is 10.3 Å². The van der Waals surface area contributed by atoms with Gasteiger partial charge in [0.25, 0.3) is 0 Å². The van der Waals surface area contributed by atoms with Crippen LogP contribution in [0.25, 0.3) is 0 Å². The van der Waals surface area contributed by atoms with Crippen molar-refractivity contribution in [2.24, 2.45) is 0 Å². The second kappa shape index (κ2) is 6.05. The highest BCUT2D eigenvalue weighted by atomic mass is 16.3. The summed E-state index contributed by atoms with van der Waals surface area (Å²) in [5.74, 6) is -0.0638. The molecule has 0 atom stereocenters. The first-order chi connectivity index (χ1) is 9.86. The molecule has 0 unspecified atom stereocenters. The van der Waals surface area contributed by atoms with Crippen molar-refractivity contribution in [1.82, 2.24) is 19.9 Å². The molecule has 1 heterocycles. The maximum Gasteiger partial charge on any atom is 0.244 e. The summed E-state index contributed by atoms with van der Waals surface area (Å²) in [6.07, 6.45) is 1.59. The lowest BCUT2D eigenvalue weighted by Crippen LogP contribution is -2.30. The van der Waals surface area contributed by atoms with Gasteiger partial charge in [-0.3, -0.25) is 4.79 Å². The van der Waals surface area contributed by atoms with E-state index in [1.165, 1.54) is 4.68 Å². The second-order valence-corrected chi connectivity index (χ2v) is 5.60. The molecule has 0 aliphatic heterocycles. The number of carbonyl (C=O) groups is 1. The Morgan fingerprint density at radius 2 is 2.00 bits per heavy atom. The Morgan fingerprint density at radius 3 is 2.57 bits per heavy atom. The molecule has 2 aromatic rings. The summed E-state index contributed by atoms with van der Waals surface area (Å²) in [6.45, 7) is 3.91. The minimum Gasteiger partial charge on any atom is -0.384 e. The Kier molecular flexibility index (Phi) is 4.37. The van der Waals surface area contributed by atoms with Crippen LogP contribution in [-0.2, 0) is 23.5 Å². The van der Waals surface area contributed by atoms with Gasteiger partial charge in [-0.2, -0.15) is 0 Å². The third-order valence-corrected chi connectivity index (χ3v) is 3.15. The van der Waals surface area contributed by atoms with Crippen LogP contribution in [0.3, 0.4) is 0 Å². The van der Waals surface area contributed by atoms with Crippen molar-refractivity contribution in [3.05, 3.63) is 47.8 Å². The molecule has 6 heteroatoms. The molecular weight excluding hydrogens is 268 g/mol. The molecule has 0 saturated carbocycles. The van der Waals surface area contributed by atoms with E-state index in [-0.39, 0.29) is 12.5 Å². The van der Waals surface area contributed by atoms with Crippen molar-refractivity contribution < 1.29 is 9.90 Å². The average Bonchev–Trinajstić information content (AvgIpc) is 2.88. The highest BCUT2D eigenvalue weighted by Gasteiger charge is 2.21. The smallest absolute Gasteiger partial charge is 0.244 e.